The molecule has 2 aromatic heterocycles. The number of carbonyl (C=O) groups is 1. The van der Waals surface area contributed by atoms with Crippen LogP contribution in [0, 0.1) is 19.7 Å². The number of nitrogens with one attached hydrogen (secondary N) is 1. The van der Waals surface area contributed by atoms with Crippen LogP contribution in [0.4, 0.5) is 4.39 Å². The first kappa shape index (κ1) is 18.3. The third kappa shape index (κ3) is 3.39. The largest absolute Gasteiger partial charge is 0.340 e. The quantitative estimate of drug-likeness (QED) is 0.742. The van der Waals surface area contributed by atoms with Crippen LogP contribution in [0.5, 0.6) is 0 Å². The zero-order valence-corrected chi connectivity index (χ0v) is 15.8. The van der Waals surface area contributed by atoms with E-state index in [0.717, 1.165) is 32.1 Å². The molecule has 9 heteroatoms. The first-order valence-electron chi connectivity index (χ1n) is 9.30. The predicted octanol–water partition coefficient (Wildman–Crippen LogP) is 3.00. The summed E-state index contributed by atoms with van der Waals surface area (Å²) in [5.41, 5.74) is -0.0471. The van der Waals surface area contributed by atoms with Crippen molar-refractivity contribution in [2.24, 2.45) is 0 Å². The Morgan fingerprint density at radius 1 is 1.14 bits per heavy atom. The van der Waals surface area contributed by atoms with Crippen molar-refractivity contribution in [2.45, 2.75) is 51.5 Å². The van der Waals surface area contributed by atoms with Crippen molar-refractivity contribution in [3.8, 4) is 5.69 Å². The van der Waals surface area contributed by atoms with Gasteiger partial charge in [0.15, 0.2) is 5.82 Å². The van der Waals surface area contributed by atoms with Gasteiger partial charge in [0.1, 0.15) is 17.2 Å². The van der Waals surface area contributed by atoms with Crippen LogP contribution >= 0.6 is 0 Å². The highest BCUT2D eigenvalue weighted by atomic mass is 19.1. The standard InChI is InChI=1S/C19H21FN6O2/c1-12-21-16(24-26(12)15-8-6-14(20)7-9-15)17(27)23-19(10-4-3-5-11-19)18-22-13(2)28-25-18/h6-9H,3-5,10-11H2,1-2H3,(H,23,27). The van der Waals surface area contributed by atoms with Crippen LogP contribution in [-0.4, -0.2) is 30.8 Å². The van der Waals surface area contributed by atoms with E-state index in [1.54, 1.807) is 26.0 Å². The number of nitrogens with zero attached hydrogens (tertiary/aromatic N) is 5. The van der Waals surface area contributed by atoms with Gasteiger partial charge >= 0.3 is 0 Å². The van der Waals surface area contributed by atoms with E-state index in [1.165, 1.54) is 16.8 Å². The SMILES string of the molecule is Cc1nc(C2(NC(=O)c3nc(C)n(-c4ccc(F)cc4)n3)CCCCC2)no1. The molecular weight excluding hydrogens is 363 g/mol. The molecule has 0 spiro atoms. The van der Waals surface area contributed by atoms with Crippen molar-refractivity contribution in [3.63, 3.8) is 0 Å². The molecular formula is C19H21FN6O2. The zero-order valence-electron chi connectivity index (χ0n) is 15.8. The molecule has 1 aromatic carbocycles. The smallest absolute Gasteiger partial charge is 0.291 e. The summed E-state index contributed by atoms with van der Waals surface area (Å²) in [6.45, 7) is 3.47. The Hall–Kier alpha value is -3.10. The predicted molar refractivity (Wildman–Crippen MR) is 97.3 cm³/mol. The average Bonchev–Trinajstić information content (AvgIpc) is 3.30. The third-order valence-electron chi connectivity index (χ3n) is 5.06. The van der Waals surface area contributed by atoms with Gasteiger partial charge in [-0.1, -0.05) is 24.4 Å². The van der Waals surface area contributed by atoms with Crippen LogP contribution < -0.4 is 5.32 Å². The van der Waals surface area contributed by atoms with Crippen molar-refractivity contribution >= 4 is 5.91 Å². The number of aromatic nitrogens is 5. The van der Waals surface area contributed by atoms with E-state index in [4.69, 9.17) is 4.52 Å². The number of benzene rings is 1. The van der Waals surface area contributed by atoms with Crippen LogP contribution in [0.25, 0.3) is 5.69 Å². The Morgan fingerprint density at radius 2 is 1.86 bits per heavy atom. The van der Waals surface area contributed by atoms with Crippen molar-refractivity contribution < 1.29 is 13.7 Å². The van der Waals surface area contributed by atoms with Gasteiger partial charge in [0.25, 0.3) is 5.91 Å². The number of hydrogen-bond donors (Lipinski definition) is 1. The monoisotopic (exact) mass is 384 g/mol. The highest BCUT2D eigenvalue weighted by Gasteiger charge is 2.40. The van der Waals surface area contributed by atoms with Gasteiger partial charge in [-0.25, -0.2) is 14.1 Å². The Labute approximate surface area is 161 Å². The third-order valence-corrected chi connectivity index (χ3v) is 5.06. The summed E-state index contributed by atoms with van der Waals surface area (Å²) >= 11 is 0. The molecule has 8 nitrogen and oxygen atoms in total. The summed E-state index contributed by atoms with van der Waals surface area (Å²) in [6, 6.07) is 5.85. The van der Waals surface area contributed by atoms with Gasteiger partial charge in [-0.2, -0.15) is 4.98 Å². The summed E-state index contributed by atoms with van der Waals surface area (Å²) < 4.78 is 19.8. The molecule has 1 saturated carbocycles. The molecule has 28 heavy (non-hydrogen) atoms. The molecule has 0 unspecified atom stereocenters. The number of hydrogen-bond acceptors (Lipinski definition) is 6. The molecule has 1 fully saturated rings. The molecule has 1 aliphatic carbocycles. The molecule has 1 aliphatic rings. The highest BCUT2D eigenvalue weighted by molar-refractivity contribution is 5.91. The fourth-order valence-electron chi connectivity index (χ4n) is 3.64. The second-order valence-corrected chi connectivity index (χ2v) is 7.10. The van der Waals surface area contributed by atoms with E-state index in [1.807, 2.05) is 0 Å². The minimum Gasteiger partial charge on any atom is -0.340 e. The van der Waals surface area contributed by atoms with Crippen LogP contribution in [0.1, 0.15) is 60.3 Å². The number of aryl methyl sites for hydroxylation is 2. The Morgan fingerprint density at radius 3 is 2.50 bits per heavy atom. The summed E-state index contributed by atoms with van der Waals surface area (Å²) in [4.78, 5) is 21.6. The molecule has 0 aliphatic heterocycles. The molecule has 0 bridgehead atoms. The number of carbonyl (C=O) groups excluding carboxylic acids is 1. The molecule has 0 saturated heterocycles. The lowest BCUT2D eigenvalue weighted by molar-refractivity contribution is 0.0844. The van der Waals surface area contributed by atoms with E-state index in [0.29, 0.717) is 23.2 Å². The lowest BCUT2D eigenvalue weighted by Gasteiger charge is -2.34. The van der Waals surface area contributed by atoms with Crippen molar-refractivity contribution in [1.82, 2.24) is 30.2 Å². The van der Waals surface area contributed by atoms with Crippen LogP contribution in [0.3, 0.4) is 0 Å². The molecule has 2 heterocycles. The molecule has 1 amide bonds. The highest BCUT2D eigenvalue weighted by Crippen LogP contribution is 2.35. The van der Waals surface area contributed by atoms with Gasteiger partial charge in [0.2, 0.25) is 11.7 Å². The number of rotatable bonds is 4. The van der Waals surface area contributed by atoms with Gasteiger partial charge < -0.3 is 9.84 Å². The maximum Gasteiger partial charge on any atom is 0.291 e. The Bertz CT molecular complexity index is 988. The van der Waals surface area contributed by atoms with Gasteiger partial charge in [-0.3, -0.25) is 4.79 Å². The summed E-state index contributed by atoms with van der Waals surface area (Å²) in [6.07, 6.45) is 4.49. The van der Waals surface area contributed by atoms with E-state index in [2.05, 4.69) is 25.5 Å². The normalized spacial score (nSPS) is 16.1. The van der Waals surface area contributed by atoms with Crippen molar-refractivity contribution in [3.05, 3.63) is 53.4 Å². The summed E-state index contributed by atoms with van der Waals surface area (Å²) in [7, 11) is 0. The second-order valence-electron chi connectivity index (χ2n) is 7.10. The topological polar surface area (TPSA) is 98.7 Å². The van der Waals surface area contributed by atoms with E-state index < -0.39 is 11.4 Å². The minimum absolute atomic E-state index is 0.0481. The molecule has 4 rings (SSSR count). The van der Waals surface area contributed by atoms with E-state index in [-0.39, 0.29) is 11.6 Å². The maximum atomic E-state index is 13.2. The average molecular weight is 384 g/mol. The first-order valence-corrected chi connectivity index (χ1v) is 9.30. The minimum atomic E-state index is -0.678. The second kappa shape index (κ2) is 7.14. The number of halogens is 1. The van der Waals surface area contributed by atoms with Crippen LogP contribution in [-0.2, 0) is 5.54 Å². The molecule has 0 radical (unpaired) electrons. The van der Waals surface area contributed by atoms with Crippen LogP contribution in [0.15, 0.2) is 28.8 Å². The zero-order chi connectivity index (χ0) is 19.7. The Balaban J connectivity index is 1.62. The molecule has 0 atom stereocenters. The number of amides is 1. The maximum absolute atomic E-state index is 13.2. The first-order chi connectivity index (χ1) is 13.5. The Kier molecular flexibility index (Phi) is 4.66. The fourth-order valence-corrected chi connectivity index (χ4v) is 3.64. The van der Waals surface area contributed by atoms with Crippen LogP contribution in [0.2, 0.25) is 0 Å². The summed E-state index contributed by atoms with van der Waals surface area (Å²) in [5.74, 6) is 0.802. The molecule has 1 N–H and O–H groups in total. The summed E-state index contributed by atoms with van der Waals surface area (Å²) in [5, 5.41) is 11.4. The lowest BCUT2D eigenvalue weighted by atomic mass is 9.81. The van der Waals surface area contributed by atoms with Gasteiger partial charge in [0.05, 0.1) is 5.69 Å². The fraction of sp³-hybridized carbons (Fsp3) is 0.421. The van der Waals surface area contributed by atoms with E-state index >= 15 is 0 Å². The van der Waals surface area contributed by atoms with E-state index in [9.17, 15) is 9.18 Å². The molecule has 3 aromatic rings. The lowest BCUT2D eigenvalue weighted by Crippen LogP contribution is -2.48. The molecule has 146 valence electrons. The van der Waals surface area contributed by atoms with Crippen molar-refractivity contribution in [2.75, 3.05) is 0 Å². The van der Waals surface area contributed by atoms with Gasteiger partial charge in [-0.15, -0.1) is 5.10 Å². The van der Waals surface area contributed by atoms with Gasteiger partial charge in [-0.05, 0) is 44.0 Å². The van der Waals surface area contributed by atoms with Gasteiger partial charge in [0, 0.05) is 6.92 Å². The van der Waals surface area contributed by atoms with Crippen molar-refractivity contribution in [1.29, 1.82) is 0 Å².